The maximum absolute atomic E-state index is 12.8. The number of carbonyl (C=O) groups excluding carboxylic acids is 3. The van der Waals surface area contributed by atoms with Crippen LogP contribution in [0.4, 0.5) is 5.69 Å². The average molecular weight is 434 g/mol. The van der Waals surface area contributed by atoms with Gasteiger partial charge in [-0.3, -0.25) is 14.4 Å². The lowest BCUT2D eigenvalue weighted by atomic mass is 10.1. The van der Waals surface area contributed by atoms with Crippen LogP contribution in [-0.4, -0.2) is 60.9 Å². The van der Waals surface area contributed by atoms with Crippen LogP contribution in [-0.2, 0) is 0 Å². The van der Waals surface area contributed by atoms with Crippen molar-refractivity contribution in [3.63, 3.8) is 0 Å². The smallest absolute Gasteiger partial charge is 0.268 e. The average Bonchev–Trinajstić information content (AvgIpc) is 3.16. The first kappa shape index (κ1) is 21.6. The molecular formula is C24H27N5O3. The molecule has 1 aromatic heterocycles. The van der Waals surface area contributed by atoms with Gasteiger partial charge in [-0.25, -0.2) is 0 Å². The first-order valence-electron chi connectivity index (χ1n) is 10.6. The van der Waals surface area contributed by atoms with Crippen LogP contribution < -0.4 is 16.0 Å². The third-order valence-electron chi connectivity index (χ3n) is 5.58. The van der Waals surface area contributed by atoms with Gasteiger partial charge in [0.2, 0.25) is 0 Å². The van der Waals surface area contributed by atoms with E-state index in [-0.39, 0.29) is 23.8 Å². The Morgan fingerprint density at radius 3 is 2.50 bits per heavy atom. The molecule has 8 heteroatoms. The van der Waals surface area contributed by atoms with Crippen molar-refractivity contribution in [2.45, 2.75) is 13.0 Å². The van der Waals surface area contributed by atoms with Crippen LogP contribution in [0, 0.1) is 0 Å². The number of benzene rings is 2. The zero-order valence-electron chi connectivity index (χ0n) is 18.4. The van der Waals surface area contributed by atoms with Crippen LogP contribution in [0.25, 0.3) is 10.9 Å². The molecule has 2 heterocycles. The summed E-state index contributed by atoms with van der Waals surface area (Å²) in [6, 6.07) is 14.2. The number of hydrogen-bond donors (Lipinski definition) is 3. The number of carbonyl (C=O) groups is 3. The molecule has 3 aromatic rings. The monoisotopic (exact) mass is 433 g/mol. The molecule has 166 valence electrons. The first-order valence-corrected chi connectivity index (χ1v) is 10.6. The number of fused-ring (bicyclic) bond motifs is 3. The van der Waals surface area contributed by atoms with Crippen molar-refractivity contribution in [2.75, 3.05) is 39.0 Å². The fourth-order valence-electron chi connectivity index (χ4n) is 3.84. The molecular weight excluding hydrogens is 406 g/mol. The van der Waals surface area contributed by atoms with E-state index in [9.17, 15) is 14.4 Å². The Balaban J connectivity index is 1.47. The minimum absolute atomic E-state index is 0.101. The van der Waals surface area contributed by atoms with Gasteiger partial charge in [-0.1, -0.05) is 6.07 Å². The molecule has 0 saturated heterocycles. The molecule has 0 bridgehead atoms. The van der Waals surface area contributed by atoms with Gasteiger partial charge in [0, 0.05) is 53.4 Å². The number of aromatic nitrogens is 1. The van der Waals surface area contributed by atoms with Gasteiger partial charge >= 0.3 is 0 Å². The predicted molar refractivity (Wildman–Crippen MR) is 124 cm³/mol. The topological polar surface area (TPSA) is 95.5 Å². The minimum atomic E-state index is -0.251. The summed E-state index contributed by atoms with van der Waals surface area (Å²) in [5, 5.41) is 9.54. The molecule has 1 atom stereocenters. The summed E-state index contributed by atoms with van der Waals surface area (Å²) < 4.78 is 1.98. The lowest BCUT2D eigenvalue weighted by Gasteiger charge is -2.24. The summed E-state index contributed by atoms with van der Waals surface area (Å²) in [4.78, 5) is 39.2. The van der Waals surface area contributed by atoms with Gasteiger partial charge in [0.25, 0.3) is 17.7 Å². The van der Waals surface area contributed by atoms with Gasteiger partial charge in [-0.15, -0.1) is 0 Å². The van der Waals surface area contributed by atoms with E-state index in [1.54, 1.807) is 30.3 Å². The molecule has 3 N–H and O–H groups in total. The highest BCUT2D eigenvalue weighted by Crippen LogP contribution is 2.27. The minimum Gasteiger partial charge on any atom is -0.351 e. The number of anilines is 1. The zero-order chi connectivity index (χ0) is 22.8. The van der Waals surface area contributed by atoms with E-state index in [1.807, 2.05) is 48.7 Å². The molecule has 4 rings (SSSR count). The van der Waals surface area contributed by atoms with E-state index in [4.69, 9.17) is 0 Å². The summed E-state index contributed by atoms with van der Waals surface area (Å²) in [6.45, 7) is 3.92. The quantitative estimate of drug-likeness (QED) is 0.557. The van der Waals surface area contributed by atoms with Crippen LogP contribution in [0.1, 0.15) is 44.2 Å². The molecule has 32 heavy (non-hydrogen) atoms. The second-order valence-electron chi connectivity index (χ2n) is 8.32. The van der Waals surface area contributed by atoms with Crippen molar-refractivity contribution in [1.29, 1.82) is 0 Å². The van der Waals surface area contributed by atoms with Gasteiger partial charge < -0.3 is 25.4 Å². The molecule has 1 unspecified atom stereocenters. The second-order valence-corrected chi connectivity index (χ2v) is 8.32. The molecule has 8 nitrogen and oxygen atoms in total. The molecule has 0 fully saturated rings. The van der Waals surface area contributed by atoms with E-state index < -0.39 is 0 Å². The predicted octanol–water partition coefficient (Wildman–Crippen LogP) is 2.49. The molecule has 0 radical (unpaired) electrons. The Hall–Kier alpha value is -3.65. The standard InChI is InChI=1S/C24H27N5O3/c1-15-14-26-24(32)21-12-17-4-5-18(13-20(17)29(15)21)23(31)27-19-8-6-16(7-9-19)22(30)25-10-11-28(2)3/h4-9,12-13,15H,10-11,14H2,1-3H3,(H,25,30)(H,26,32)(H,27,31). The van der Waals surface area contributed by atoms with E-state index in [2.05, 4.69) is 16.0 Å². The number of nitrogens with zero attached hydrogens (tertiary/aromatic N) is 2. The number of likely N-dealkylation sites (N-methyl/N-ethyl adjacent to an activating group) is 1. The Bertz CT molecular complexity index is 1180. The third-order valence-corrected chi connectivity index (χ3v) is 5.58. The van der Waals surface area contributed by atoms with Crippen LogP contribution in [0.3, 0.4) is 0 Å². The Morgan fingerprint density at radius 1 is 1.06 bits per heavy atom. The summed E-state index contributed by atoms with van der Waals surface area (Å²) in [5.74, 6) is -0.499. The zero-order valence-corrected chi connectivity index (χ0v) is 18.4. The molecule has 0 spiro atoms. The molecule has 1 aliphatic heterocycles. The van der Waals surface area contributed by atoms with Crippen LogP contribution in [0.2, 0.25) is 0 Å². The molecule has 3 amide bonds. The van der Waals surface area contributed by atoms with E-state index >= 15 is 0 Å². The van der Waals surface area contributed by atoms with Crippen LogP contribution in [0.5, 0.6) is 0 Å². The van der Waals surface area contributed by atoms with Crippen molar-refractivity contribution >= 4 is 34.3 Å². The van der Waals surface area contributed by atoms with E-state index in [1.165, 1.54) is 0 Å². The van der Waals surface area contributed by atoms with Crippen LogP contribution in [0.15, 0.2) is 48.5 Å². The second kappa shape index (κ2) is 8.84. The van der Waals surface area contributed by atoms with Gasteiger partial charge in [-0.2, -0.15) is 0 Å². The number of hydrogen-bond acceptors (Lipinski definition) is 4. The fraction of sp³-hybridized carbons (Fsp3) is 0.292. The normalized spacial score (nSPS) is 15.4. The van der Waals surface area contributed by atoms with E-state index in [0.717, 1.165) is 17.4 Å². The third kappa shape index (κ3) is 4.36. The van der Waals surface area contributed by atoms with Crippen molar-refractivity contribution in [3.8, 4) is 0 Å². The van der Waals surface area contributed by atoms with Gasteiger partial charge in [0.15, 0.2) is 0 Å². The highest BCUT2D eigenvalue weighted by Gasteiger charge is 2.24. The van der Waals surface area contributed by atoms with Crippen LogP contribution >= 0.6 is 0 Å². The van der Waals surface area contributed by atoms with Crippen molar-refractivity contribution in [2.24, 2.45) is 0 Å². The molecule has 1 aliphatic rings. The largest absolute Gasteiger partial charge is 0.351 e. The fourth-order valence-corrected chi connectivity index (χ4v) is 3.84. The van der Waals surface area contributed by atoms with E-state index in [0.29, 0.717) is 35.6 Å². The van der Waals surface area contributed by atoms with Gasteiger partial charge in [0.05, 0.1) is 0 Å². The molecule has 2 aromatic carbocycles. The first-order chi connectivity index (χ1) is 15.3. The highest BCUT2D eigenvalue weighted by molar-refractivity contribution is 6.07. The molecule has 0 aliphatic carbocycles. The summed E-state index contributed by atoms with van der Waals surface area (Å²) in [7, 11) is 3.90. The summed E-state index contributed by atoms with van der Waals surface area (Å²) in [6.07, 6.45) is 0. The highest BCUT2D eigenvalue weighted by atomic mass is 16.2. The number of rotatable bonds is 6. The van der Waals surface area contributed by atoms with Gasteiger partial charge in [0.1, 0.15) is 5.69 Å². The lowest BCUT2D eigenvalue weighted by Crippen LogP contribution is -2.37. The maximum Gasteiger partial charge on any atom is 0.268 e. The van der Waals surface area contributed by atoms with Gasteiger partial charge in [-0.05, 0) is 63.5 Å². The summed E-state index contributed by atoms with van der Waals surface area (Å²) in [5.41, 5.74) is 3.11. The maximum atomic E-state index is 12.8. The Labute approximate surface area is 186 Å². The number of nitrogens with one attached hydrogen (secondary N) is 3. The van der Waals surface area contributed by atoms with Crippen molar-refractivity contribution < 1.29 is 14.4 Å². The summed E-state index contributed by atoms with van der Waals surface area (Å²) >= 11 is 0. The van der Waals surface area contributed by atoms with Crippen molar-refractivity contribution in [3.05, 3.63) is 65.4 Å². The number of amides is 3. The SMILES string of the molecule is CC1CNC(=O)c2cc3ccc(C(=O)Nc4ccc(C(=O)NCCN(C)C)cc4)cc3n21. The van der Waals surface area contributed by atoms with Crippen molar-refractivity contribution in [1.82, 2.24) is 20.1 Å². The lowest BCUT2D eigenvalue weighted by molar-refractivity contribution is 0.0917. The Morgan fingerprint density at radius 2 is 1.78 bits per heavy atom. The Kier molecular flexibility index (Phi) is 5.96. The molecule has 0 saturated carbocycles.